The molecule has 2 aliphatic heterocycles. The number of hydrogen-bond donors (Lipinski definition) is 2. The fourth-order valence-corrected chi connectivity index (χ4v) is 3.85. The quantitative estimate of drug-likeness (QED) is 0.808. The molecular formula is C17H25N2O+. The molecular weight excluding hydrogens is 248 g/mol. The molecule has 20 heavy (non-hydrogen) atoms. The lowest BCUT2D eigenvalue weighted by molar-refractivity contribution is -0.939. The Morgan fingerprint density at radius 2 is 1.90 bits per heavy atom. The maximum Gasteiger partial charge on any atom is 0.115 e. The van der Waals surface area contributed by atoms with Crippen LogP contribution in [0.15, 0.2) is 29.3 Å². The van der Waals surface area contributed by atoms with E-state index in [1.165, 1.54) is 45.2 Å². The van der Waals surface area contributed by atoms with E-state index in [4.69, 9.17) is 0 Å². The molecule has 2 aliphatic rings. The summed E-state index contributed by atoms with van der Waals surface area (Å²) in [7, 11) is 0. The van der Waals surface area contributed by atoms with Crippen LogP contribution in [0.5, 0.6) is 5.75 Å². The topological polar surface area (TPSA) is 37.0 Å². The van der Waals surface area contributed by atoms with Gasteiger partial charge < -0.3 is 10.0 Å². The molecule has 2 saturated heterocycles. The van der Waals surface area contributed by atoms with Crippen LogP contribution in [-0.2, 0) is 0 Å². The second kappa shape index (κ2) is 6.40. The largest absolute Gasteiger partial charge is 0.508 e. The highest BCUT2D eigenvalue weighted by Gasteiger charge is 2.35. The average molecular weight is 273 g/mol. The smallest absolute Gasteiger partial charge is 0.115 e. The van der Waals surface area contributed by atoms with E-state index in [1.807, 2.05) is 23.2 Å². The molecule has 0 bridgehead atoms. The van der Waals surface area contributed by atoms with Crippen molar-refractivity contribution in [3.8, 4) is 5.75 Å². The second-order valence-electron chi connectivity index (χ2n) is 6.25. The van der Waals surface area contributed by atoms with E-state index in [1.54, 1.807) is 12.1 Å². The summed E-state index contributed by atoms with van der Waals surface area (Å²) in [5, 5.41) is 9.27. The maximum absolute atomic E-state index is 9.27. The molecule has 2 fully saturated rings. The Balaban J connectivity index is 1.58. The third-order valence-electron chi connectivity index (χ3n) is 4.90. The molecule has 3 nitrogen and oxygen atoms in total. The average Bonchev–Trinajstić information content (AvgIpc) is 2.49. The van der Waals surface area contributed by atoms with Crippen molar-refractivity contribution in [2.45, 2.75) is 38.1 Å². The van der Waals surface area contributed by atoms with Crippen molar-refractivity contribution < 1.29 is 10.0 Å². The number of nitrogens with one attached hydrogen (secondary N) is 1. The molecule has 108 valence electrons. The molecule has 0 aliphatic carbocycles. The minimum atomic E-state index is 0.316. The van der Waals surface area contributed by atoms with Crippen molar-refractivity contribution in [1.82, 2.24) is 0 Å². The highest BCUT2D eigenvalue weighted by molar-refractivity contribution is 5.79. The second-order valence-corrected chi connectivity index (χ2v) is 6.25. The number of nitrogens with zero attached hydrogens (tertiary/aromatic N) is 1. The number of quaternary nitrogens is 1. The minimum Gasteiger partial charge on any atom is -0.508 e. The van der Waals surface area contributed by atoms with E-state index in [2.05, 4.69) is 4.99 Å². The van der Waals surface area contributed by atoms with Gasteiger partial charge in [0.25, 0.3) is 0 Å². The summed E-state index contributed by atoms with van der Waals surface area (Å²) in [4.78, 5) is 6.51. The Morgan fingerprint density at radius 1 is 1.10 bits per heavy atom. The molecule has 0 amide bonds. The van der Waals surface area contributed by atoms with Crippen LogP contribution in [0, 0.1) is 5.92 Å². The first-order valence-electron chi connectivity index (χ1n) is 7.96. The van der Waals surface area contributed by atoms with Gasteiger partial charge in [-0.2, -0.15) is 0 Å². The van der Waals surface area contributed by atoms with Crippen LogP contribution < -0.4 is 4.90 Å². The lowest BCUT2D eigenvalue weighted by Crippen LogP contribution is -3.18. The maximum atomic E-state index is 9.27. The van der Waals surface area contributed by atoms with Crippen LogP contribution in [0.2, 0.25) is 0 Å². The third kappa shape index (κ3) is 3.21. The molecule has 1 aromatic carbocycles. The fraction of sp³-hybridized carbons (Fsp3) is 0.588. The number of benzene rings is 1. The van der Waals surface area contributed by atoms with Crippen molar-refractivity contribution in [2.24, 2.45) is 10.9 Å². The number of aromatic hydroxyl groups is 1. The van der Waals surface area contributed by atoms with Crippen LogP contribution in [0.3, 0.4) is 0 Å². The molecule has 3 rings (SSSR count). The Labute approximate surface area is 121 Å². The Hall–Kier alpha value is -1.35. The van der Waals surface area contributed by atoms with Gasteiger partial charge in [0, 0.05) is 18.7 Å². The lowest BCUT2D eigenvalue weighted by atomic mass is 9.83. The molecule has 0 aromatic heterocycles. The van der Waals surface area contributed by atoms with Gasteiger partial charge >= 0.3 is 0 Å². The van der Waals surface area contributed by atoms with Gasteiger partial charge in [0.15, 0.2) is 0 Å². The first kappa shape index (κ1) is 13.6. The number of aliphatic imine (C=N–C) groups is 1. The summed E-state index contributed by atoms with van der Waals surface area (Å²) in [5.74, 6) is 1.09. The SMILES string of the molecule is Oc1ccc(C=NC[C@@H]2CCC[NH+]3CCCC[C@@H]23)cc1. The lowest BCUT2D eigenvalue weighted by Gasteiger charge is -2.40. The van der Waals surface area contributed by atoms with Crippen LogP contribution >= 0.6 is 0 Å². The van der Waals surface area contributed by atoms with E-state index in [-0.39, 0.29) is 0 Å². The summed E-state index contributed by atoms with van der Waals surface area (Å²) in [6.07, 6.45) is 8.89. The van der Waals surface area contributed by atoms with E-state index in [9.17, 15) is 5.11 Å². The van der Waals surface area contributed by atoms with E-state index < -0.39 is 0 Å². The first-order valence-corrected chi connectivity index (χ1v) is 7.96. The fourth-order valence-electron chi connectivity index (χ4n) is 3.85. The van der Waals surface area contributed by atoms with Crippen LogP contribution in [0.4, 0.5) is 0 Å². The normalized spacial score (nSPS) is 30.3. The molecule has 1 aromatic rings. The zero-order valence-electron chi connectivity index (χ0n) is 12.1. The zero-order valence-corrected chi connectivity index (χ0v) is 12.1. The standard InChI is InChI=1S/C17H24N2O/c20-16-8-6-14(7-9-16)12-18-13-15-4-3-11-19-10-2-1-5-17(15)19/h6-9,12,15,17,20H,1-5,10-11,13H2/p+1/t15-,17-/m0/s1. The van der Waals surface area contributed by atoms with Gasteiger partial charge in [0.1, 0.15) is 5.75 Å². The Morgan fingerprint density at radius 3 is 2.75 bits per heavy atom. The van der Waals surface area contributed by atoms with Gasteiger partial charge in [-0.25, -0.2) is 0 Å². The molecule has 0 spiro atoms. The molecule has 0 saturated carbocycles. The molecule has 0 radical (unpaired) electrons. The summed E-state index contributed by atoms with van der Waals surface area (Å²) in [6, 6.07) is 8.12. The molecule has 2 heterocycles. The van der Waals surface area contributed by atoms with E-state index >= 15 is 0 Å². The van der Waals surface area contributed by atoms with Gasteiger partial charge in [0.05, 0.1) is 19.1 Å². The van der Waals surface area contributed by atoms with E-state index in [0.717, 1.165) is 24.1 Å². The summed E-state index contributed by atoms with van der Waals surface area (Å²) < 4.78 is 0. The zero-order chi connectivity index (χ0) is 13.8. The summed E-state index contributed by atoms with van der Waals surface area (Å²) >= 11 is 0. The van der Waals surface area contributed by atoms with Gasteiger partial charge in [0.2, 0.25) is 0 Å². The highest BCUT2D eigenvalue weighted by Crippen LogP contribution is 2.20. The summed E-state index contributed by atoms with van der Waals surface area (Å²) in [6.45, 7) is 3.72. The minimum absolute atomic E-state index is 0.316. The predicted molar refractivity (Wildman–Crippen MR) is 81.6 cm³/mol. The number of hydrogen-bond acceptors (Lipinski definition) is 2. The number of rotatable bonds is 3. The summed E-state index contributed by atoms with van der Waals surface area (Å²) in [5.41, 5.74) is 1.08. The first-order chi connectivity index (χ1) is 9.83. The van der Waals surface area contributed by atoms with Crippen LogP contribution in [-0.4, -0.2) is 37.0 Å². The monoisotopic (exact) mass is 273 g/mol. The third-order valence-corrected chi connectivity index (χ3v) is 4.90. The molecule has 2 N–H and O–H groups in total. The predicted octanol–water partition coefficient (Wildman–Crippen LogP) is 1.66. The van der Waals surface area contributed by atoms with Crippen molar-refractivity contribution in [1.29, 1.82) is 0 Å². The molecule has 3 heteroatoms. The van der Waals surface area contributed by atoms with Crippen LogP contribution in [0.1, 0.15) is 37.7 Å². The number of phenolic OH excluding ortho intramolecular Hbond substituents is 1. The van der Waals surface area contributed by atoms with Crippen molar-refractivity contribution in [3.05, 3.63) is 29.8 Å². The van der Waals surface area contributed by atoms with Crippen molar-refractivity contribution in [2.75, 3.05) is 19.6 Å². The Kier molecular flexibility index (Phi) is 4.36. The number of piperidine rings is 2. The van der Waals surface area contributed by atoms with Gasteiger partial charge in [-0.15, -0.1) is 0 Å². The molecule has 3 atom stereocenters. The van der Waals surface area contributed by atoms with Gasteiger partial charge in [-0.05, 0) is 61.9 Å². The van der Waals surface area contributed by atoms with Gasteiger partial charge in [-0.3, -0.25) is 4.99 Å². The van der Waals surface area contributed by atoms with E-state index in [0.29, 0.717) is 5.75 Å². The highest BCUT2D eigenvalue weighted by atomic mass is 16.3. The number of phenols is 1. The van der Waals surface area contributed by atoms with Gasteiger partial charge in [-0.1, -0.05) is 0 Å². The van der Waals surface area contributed by atoms with Crippen molar-refractivity contribution >= 4 is 6.21 Å². The Bertz CT molecular complexity index is 453. The van der Waals surface area contributed by atoms with Crippen LogP contribution in [0.25, 0.3) is 0 Å². The van der Waals surface area contributed by atoms with Crippen molar-refractivity contribution in [3.63, 3.8) is 0 Å². The number of fused-ring (bicyclic) bond motifs is 1. The molecule has 1 unspecified atom stereocenters.